The summed E-state index contributed by atoms with van der Waals surface area (Å²) in [4.78, 5) is 7.24. The van der Waals surface area contributed by atoms with Crippen LogP contribution in [-0.4, -0.2) is 27.7 Å². The van der Waals surface area contributed by atoms with Gasteiger partial charge >= 0.3 is 0 Å². The molecule has 0 aliphatic carbocycles. The van der Waals surface area contributed by atoms with Gasteiger partial charge in [-0.2, -0.15) is 0 Å². The molecule has 1 atom stereocenters. The van der Waals surface area contributed by atoms with Gasteiger partial charge in [0, 0.05) is 18.8 Å². The molecule has 1 aromatic rings. The second kappa shape index (κ2) is 6.66. The summed E-state index contributed by atoms with van der Waals surface area (Å²) >= 11 is 0. The van der Waals surface area contributed by atoms with Gasteiger partial charge in [-0.15, -0.1) is 0 Å². The molecule has 1 aromatic heterocycles. The van der Waals surface area contributed by atoms with E-state index in [1.807, 2.05) is 6.92 Å². The van der Waals surface area contributed by atoms with Crippen molar-refractivity contribution in [2.45, 2.75) is 46.3 Å². The van der Waals surface area contributed by atoms with Crippen molar-refractivity contribution in [2.24, 2.45) is 5.92 Å². The molecule has 0 saturated heterocycles. The monoisotopic (exact) mass is 225 g/mol. The molecular weight excluding hydrogens is 202 g/mol. The molecule has 3 N–H and O–H groups in total. The number of aliphatic hydroxyl groups is 1. The highest BCUT2D eigenvalue weighted by Crippen LogP contribution is 2.12. The van der Waals surface area contributed by atoms with Crippen LogP contribution in [0.25, 0.3) is 0 Å². The summed E-state index contributed by atoms with van der Waals surface area (Å²) in [5, 5.41) is 13.2. The molecule has 0 bridgehead atoms. The van der Waals surface area contributed by atoms with Gasteiger partial charge in [-0.05, 0) is 12.8 Å². The minimum absolute atomic E-state index is 0.255. The Balaban J connectivity index is 2.27. The number of hydrogen-bond acceptors (Lipinski definition) is 3. The van der Waals surface area contributed by atoms with E-state index in [4.69, 9.17) is 0 Å². The second-order valence-electron chi connectivity index (χ2n) is 4.25. The third-order valence-corrected chi connectivity index (χ3v) is 3.17. The number of nitrogens with zero attached hydrogens (tertiary/aromatic N) is 1. The summed E-state index contributed by atoms with van der Waals surface area (Å²) < 4.78 is 0. The van der Waals surface area contributed by atoms with Gasteiger partial charge in [0.05, 0.1) is 18.1 Å². The molecule has 0 amide bonds. The van der Waals surface area contributed by atoms with Crippen molar-refractivity contribution in [3.8, 4) is 0 Å². The van der Waals surface area contributed by atoms with Crippen molar-refractivity contribution in [3.05, 3.63) is 17.7 Å². The first-order chi connectivity index (χ1) is 7.69. The van der Waals surface area contributed by atoms with Crippen molar-refractivity contribution >= 4 is 0 Å². The third-order valence-electron chi connectivity index (χ3n) is 3.17. The Morgan fingerprint density at radius 1 is 1.44 bits per heavy atom. The van der Waals surface area contributed by atoms with Crippen LogP contribution in [0.3, 0.4) is 0 Å². The normalized spacial score (nSPS) is 13.3. The molecule has 0 aliphatic rings. The molecule has 0 aliphatic heterocycles. The van der Waals surface area contributed by atoms with E-state index >= 15 is 0 Å². The van der Waals surface area contributed by atoms with Crippen molar-refractivity contribution < 1.29 is 5.11 Å². The first-order valence-electron chi connectivity index (χ1n) is 6.06. The van der Waals surface area contributed by atoms with Crippen molar-refractivity contribution in [2.75, 3.05) is 6.54 Å². The zero-order valence-corrected chi connectivity index (χ0v) is 10.5. The summed E-state index contributed by atoms with van der Waals surface area (Å²) in [6.45, 7) is 7.59. The van der Waals surface area contributed by atoms with Gasteiger partial charge in [0.1, 0.15) is 0 Å². The van der Waals surface area contributed by atoms with Crippen LogP contribution in [0.2, 0.25) is 0 Å². The van der Waals surface area contributed by atoms with Crippen LogP contribution in [0.5, 0.6) is 0 Å². The molecule has 1 unspecified atom stereocenters. The van der Waals surface area contributed by atoms with E-state index in [1.165, 1.54) is 0 Å². The molecule has 0 fully saturated rings. The van der Waals surface area contributed by atoms with E-state index in [-0.39, 0.29) is 6.10 Å². The Morgan fingerprint density at radius 3 is 2.62 bits per heavy atom. The summed E-state index contributed by atoms with van der Waals surface area (Å²) in [6.07, 6.45) is 3.50. The summed E-state index contributed by atoms with van der Waals surface area (Å²) in [6, 6.07) is 0. The molecule has 0 saturated carbocycles. The molecule has 0 radical (unpaired) electrons. The average Bonchev–Trinajstić information content (AvgIpc) is 2.66. The molecule has 1 heterocycles. The summed E-state index contributed by atoms with van der Waals surface area (Å²) in [5.41, 5.74) is 2.11. The Kier molecular flexibility index (Phi) is 5.49. The number of rotatable bonds is 7. The Morgan fingerprint density at radius 2 is 2.12 bits per heavy atom. The minimum Gasteiger partial charge on any atom is -0.392 e. The molecule has 92 valence electrons. The van der Waals surface area contributed by atoms with Gasteiger partial charge in [0.15, 0.2) is 0 Å². The number of aryl methyl sites for hydroxylation is 1. The van der Waals surface area contributed by atoms with Gasteiger partial charge in [-0.1, -0.05) is 26.7 Å². The largest absolute Gasteiger partial charge is 0.392 e. The first kappa shape index (κ1) is 13.2. The van der Waals surface area contributed by atoms with Crippen molar-refractivity contribution in [3.63, 3.8) is 0 Å². The number of aromatic amines is 1. The lowest BCUT2D eigenvalue weighted by molar-refractivity contribution is 0.101. The fraction of sp³-hybridized carbons (Fsp3) is 0.750. The quantitative estimate of drug-likeness (QED) is 0.660. The standard InChI is InChI=1S/C12H23N3O/c1-4-10(5-2)12(16)7-13-6-11-9(3)14-8-15-11/h8,10,12-13,16H,4-7H2,1-3H3,(H,14,15). The molecule has 1 rings (SSSR count). The van der Waals surface area contributed by atoms with Gasteiger partial charge < -0.3 is 15.4 Å². The predicted molar refractivity (Wildman–Crippen MR) is 65.1 cm³/mol. The zero-order chi connectivity index (χ0) is 12.0. The van der Waals surface area contributed by atoms with E-state index in [2.05, 4.69) is 29.1 Å². The highest BCUT2D eigenvalue weighted by molar-refractivity contribution is 5.07. The maximum atomic E-state index is 9.92. The molecule has 4 nitrogen and oxygen atoms in total. The topological polar surface area (TPSA) is 60.9 Å². The average molecular weight is 225 g/mol. The minimum atomic E-state index is -0.255. The number of aromatic nitrogens is 2. The van der Waals surface area contributed by atoms with Crippen molar-refractivity contribution in [1.82, 2.24) is 15.3 Å². The van der Waals surface area contributed by atoms with Gasteiger partial charge in [-0.3, -0.25) is 0 Å². The number of aliphatic hydroxyl groups excluding tert-OH is 1. The van der Waals surface area contributed by atoms with Crippen LogP contribution >= 0.6 is 0 Å². The Bertz CT molecular complexity index is 294. The van der Waals surface area contributed by atoms with Gasteiger partial charge in [0.2, 0.25) is 0 Å². The van der Waals surface area contributed by atoms with Crippen LogP contribution in [0.1, 0.15) is 38.1 Å². The number of hydrogen-bond donors (Lipinski definition) is 3. The summed E-state index contributed by atoms with van der Waals surface area (Å²) in [5.74, 6) is 0.396. The SMILES string of the molecule is CCC(CC)C(O)CNCc1nc[nH]c1C. The zero-order valence-electron chi connectivity index (χ0n) is 10.5. The number of nitrogens with one attached hydrogen (secondary N) is 2. The molecular formula is C12H23N3O. The van der Waals surface area contributed by atoms with Crippen molar-refractivity contribution in [1.29, 1.82) is 0 Å². The fourth-order valence-electron chi connectivity index (χ4n) is 1.90. The highest BCUT2D eigenvalue weighted by atomic mass is 16.3. The lowest BCUT2D eigenvalue weighted by Gasteiger charge is -2.20. The Hall–Kier alpha value is -0.870. The molecule has 16 heavy (non-hydrogen) atoms. The number of imidazole rings is 1. The highest BCUT2D eigenvalue weighted by Gasteiger charge is 2.14. The Labute approximate surface area is 97.5 Å². The smallest absolute Gasteiger partial charge is 0.0925 e. The van der Waals surface area contributed by atoms with Gasteiger partial charge in [-0.25, -0.2) is 4.98 Å². The van der Waals surface area contributed by atoms with E-state index in [0.29, 0.717) is 19.0 Å². The van der Waals surface area contributed by atoms with Crippen LogP contribution < -0.4 is 5.32 Å². The molecule has 0 aromatic carbocycles. The first-order valence-corrected chi connectivity index (χ1v) is 6.06. The lowest BCUT2D eigenvalue weighted by atomic mass is 9.96. The number of H-pyrrole nitrogens is 1. The van der Waals surface area contributed by atoms with E-state index in [9.17, 15) is 5.11 Å². The predicted octanol–water partition coefficient (Wildman–Crippen LogP) is 1.60. The van der Waals surface area contributed by atoms with E-state index in [1.54, 1.807) is 6.33 Å². The summed E-state index contributed by atoms with van der Waals surface area (Å²) in [7, 11) is 0. The third kappa shape index (κ3) is 3.61. The van der Waals surface area contributed by atoms with E-state index in [0.717, 1.165) is 24.2 Å². The van der Waals surface area contributed by atoms with Crippen LogP contribution in [0.15, 0.2) is 6.33 Å². The fourth-order valence-corrected chi connectivity index (χ4v) is 1.90. The lowest BCUT2D eigenvalue weighted by Crippen LogP contribution is -2.32. The van der Waals surface area contributed by atoms with Gasteiger partial charge in [0.25, 0.3) is 0 Å². The van der Waals surface area contributed by atoms with E-state index < -0.39 is 0 Å². The molecule has 4 heteroatoms. The maximum absolute atomic E-state index is 9.92. The molecule has 0 spiro atoms. The van der Waals surface area contributed by atoms with Crippen LogP contribution in [-0.2, 0) is 6.54 Å². The van der Waals surface area contributed by atoms with Crippen LogP contribution in [0, 0.1) is 12.8 Å². The second-order valence-corrected chi connectivity index (χ2v) is 4.25. The van der Waals surface area contributed by atoms with Crippen LogP contribution in [0.4, 0.5) is 0 Å². The maximum Gasteiger partial charge on any atom is 0.0925 e.